The van der Waals surface area contributed by atoms with Crippen LogP contribution < -0.4 is 0 Å². The Kier molecular flexibility index (Phi) is 1.15. The highest BCUT2D eigenvalue weighted by Gasteiger charge is 2.01. The molecule has 0 aliphatic heterocycles. The highest BCUT2D eigenvalue weighted by Crippen LogP contribution is 2.03. The first-order valence-electron chi connectivity index (χ1n) is 3.42. The average Bonchev–Trinajstić information content (AvgIpc) is 2.35. The van der Waals surface area contributed by atoms with Crippen molar-refractivity contribution in [2.24, 2.45) is 0 Å². The molecule has 0 N–H and O–H groups in total. The van der Waals surface area contributed by atoms with Crippen LogP contribution in [-0.4, -0.2) is 19.6 Å². The van der Waals surface area contributed by atoms with Crippen LogP contribution in [0.4, 0.5) is 0 Å². The van der Waals surface area contributed by atoms with Crippen molar-refractivity contribution in [3.63, 3.8) is 0 Å². The van der Waals surface area contributed by atoms with E-state index in [1.165, 1.54) is 0 Å². The van der Waals surface area contributed by atoms with Gasteiger partial charge in [0.05, 0.1) is 5.69 Å². The number of hydrogen-bond donors (Lipinski definition) is 0. The second-order valence-corrected chi connectivity index (χ2v) is 2.45. The van der Waals surface area contributed by atoms with Gasteiger partial charge in [-0.05, 0) is 13.8 Å². The lowest BCUT2D eigenvalue weighted by molar-refractivity contribution is 0.998. The Morgan fingerprint density at radius 3 is 2.82 bits per heavy atom. The molecule has 0 radical (unpaired) electrons. The molecule has 0 atom stereocenters. The first-order valence-corrected chi connectivity index (χ1v) is 3.42. The van der Waals surface area contributed by atoms with Gasteiger partial charge in [0.1, 0.15) is 5.82 Å². The molecule has 2 aromatic heterocycles. The Bertz CT molecular complexity index is 390. The largest absolute Gasteiger partial charge is 0.284 e. The molecule has 4 nitrogen and oxygen atoms in total. The Morgan fingerprint density at radius 1 is 1.27 bits per heavy atom. The van der Waals surface area contributed by atoms with Gasteiger partial charge in [0.15, 0.2) is 5.65 Å². The van der Waals surface area contributed by atoms with E-state index < -0.39 is 0 Å². The lowest BCUT2D eigenvalue weighted by atomic mass is 10.5. The van der Waals surface area contributed by atoms with Crippen LogP contribution in [-0.2, 0) is 0 Å². The Morgan fingerprint density at radius 2 is 2.09 bits per heavy atom. The van der Waals surface area contributed by atoms with E-state index in [0.29, 0.717) is 0 Å². The van der Waals surface area contributed by atoms with Gasteiger partial charge < -0.3 is 0 Å². The van der Waals surface area contributed by atoms with Gasteiger partial charge >= 0.3 is 0 Å². The third kappa shape index (κ3) is 0.790. The summed E-state index contributed by atoms with van der Waals surface area (Å²) >= 11 is 0. The van der Waals surface area contributed by atoms with Gasteiger partial charge in [-0.25, -0.2) is 0 Å². The molecule has 0 bridgehead atoms. The van der Waals surface area contributed by atoms with Gasteiger partial charge in [0.25, 0.3) is 0 Å². The maximum absolute atomic E-state index is 4.10. The van der Waals surface area contributed by atoms with Crippen molar-refractivity contribution in [3.05, 3.63) is 23.9 Å². The minimum absolute atomic E-state index is 0.838. The quantitative estimate of drug-likeness (QED) is 0.553. The lowest BCUT2D eigenvalue weighted by Crippen LogP contribution is -1.91. The summed E-state index contributed by atoms with van der Waals surface area (Å²) in [5.74, 6) is 0.894. The monoisotopic (exact) mass is 148 g/mol. The second-order valence-electron chi connectivity index (χ2n) is 2.45. The van der Waals surface area contributed by atoms with Crippen LogP contribution in [0, 0.1) is 13.8 Å². The van der Waals surface area contributed by atoms with Crippen molar-refractivity contribution in [1.29, 1.82) is 0 Å². The summed E-state index contributed by atoms with van der Waals surface area (Å²) in [6, 6.07) is 0. The molecule has 0 aliphatic carbocycles. The number of aryl methyl sites for hydroxylation is 2. The van der Waals surface area contributed by atoms with Gasteiger partial charge in [0.2, 0.25) is 0 Å². The molecule has 56 valence electrons. The van der Waals surface area contributed by atoms with Gasteiger partial charge in [-0.1, -0.05) is 0 Å². The van der Waals surface area contributed by atoms with Crippen LogP contribution in [0.2, 0.25) is 0 Å². The third-order valence-electron chi connectivity index (χ3n) is 1.67. The van der Waals surface area contributed by atoms with Gasteiger partial charge in [0, 0.05) is 12.4 Å². The average molecular weight is 148 g/mol. The standard InChI is InChI=1S/C7H8N4/c1-5-7-10-9-6(2)11(7)4-3-8-5/h3-4H,1-2H3. The number of aromatic nitrogens is 4. The first kappa shape index (κ1) is 6.27. The van der Waals surface area contributed by atoms with Crippen LogP contribution in [0.15, 0.2) is 12.4 Å². The van der Waals surface area contributed by atoms with Crippen molar-refractivity contribution in [2.45, 2.75) is 13.8 Å². The molecule has 0 saturated heterocycles. The van der Waals surface area contributed by atoms with E-state index in [9.17, 15) is 0 Å². The summed E-state index contributed by atoms with van der Waals surface area (Å²) in [6.45, 7) is 3.84. The highest BCUT2D eigenvalue weighted by atomic mass is 15.2. The number of nitrogens with zero attached hydrogens (tertiary/aromatic N) is 4. The number of rotatable bonds is 0. The Balaban J connectivity index is 2.94. The van der Waals surface area contributed by atoms with Crippen LogP contribution in [0.25, 0.3) is 5.65 Å². The van der Waals surface area contributed by atoms with Crippen LogP contribution in [0.3, 0.4) is 0 Å². The summed E-state index contributed by atoms with van der Waals surface area (Å²) in [5.41, 5.74) is 1.75. The predicted octanol–water partition coefficient (Wildman–Crippen LogP) is 0.741. The molecule has 0 aliphatic rings. The minimum Gasteiger partial charge on any atom is -0.284 e. The summed E-state index contributed by atoms with van der Waals surface area (Å²) < 4.78 is 1.92. The summed E-state index contributed by atoms with van der Waals surface area (Å²) in [7, 11) is 0. The summed E-state index contributed by atoms with van der Waals surface area (Å²) in [5, 5.41) is 7.90. The van der Waals surface area contributed by atoms with E-state index in [-0.39, 0.29) is 0 Å². The maximum Gasteiger partial charge on any atom is 0.182 e. The zero-order valence-corrected chi connectivity index (χ0v) is 6.44. The van der Waals surface area contributed by atoms with E-state index in [4.69, 9.17) is 0 Å². The summed E-state index contributed by atoms with van der Waals surface area (Å²) in [4.78, 5) is 4.10. The van der Waals surface area contributed by atoms with Gasteiger partial charge in [-0.15, -0.1) is 10.2 Å². The van der Waals surface area contributed by atoms with Crippen molar-refractivity contribution in [2.75, 3.05) is 0 Å². The fourth-order valence-electron chi connectivity index (χ4n) is 1.06. The molecule has 4 heteroatoms. The molecular weight excluding hydrogens is 140 g/mol. The zero-order valence-electron chi connectivity index (χ0n) is 6.44. The van der Waals surface area contributed by atoms with E-state index >= 15 is 0 Å². The second kappa shape index (κ2) is 2.02. The third-order valence-corrected chi connectivity index (χ3v) is 1.67. The zero-order chi connectivity index (χ0) is 7.84. The maximum atomic E-state index is 4.10. The first-order chi connectivity index (χ1) is 5.29. The van der Waals surface area contributed by atoms with Crippen LogP contribution in [0.5, 0.6) is 0 Å². The molecule has 2 heterocycles. The fourth-order valence-corrected chi connectivity index (χ4v) is 1.06. The Labute approximate surface area is 63.9 Å². The fraction of sp³-hybridized carbons (Fsp3) is 0.286. The lowest BCUT2D eigenvalue weighted by Gasteiger charge is -1.94. The molecule has 2 rings (SSSR count). The molecule has 0 saturated carbocycles. The number of hydrogen-bond acceptors (Lipinski definition) is 3. The smallest absolute Gasteiger partial charge is 0.182 e. The van der Waals surface area contributed by atoms with Crippen molar-refractivity contribution >= 4 is 5.65 Å². The minimum atomic E-state index is 0.838. The molecule has 0 spiro atoms. The molecule has 0 unspecified atom stereocenters. The molecular formula is C7H8N4. The molecule has 0 fully saturated rings. The van der Waals surface area contributed by atoms with Crippen LogP contribution >= 0.6 is 0 Å². The topological polar surface area (TPSA) is 43.1 Å². The van der Waals surface area contributed by atoms with Crippen LogP contribution in [0.1, 0.15) is 11.5 Å². The van der Waals surface area contributed by atoms with E-state index in [1.54, 1.807) is 6.20 Å². The number of fused-ring (bicyclic) bond motifs is 1. The van der Waals surface area contributed by atoms with Crippen molar-refractivity contribution < 1.29 is 0 Å². The summed E-state index contributed by atoms with van der Waals surface area (Å²) in [6.07, 6.45) is 3.61. The van der Waals surface area contributed by atoms with E-state index in [0.717, 1.165) is 17.2 Å². The van der Waals surface area contributed by atoms with E-state index in [1.807, 2.05) is 24.4 Å². The van der Waals surface area contributed by atoms with E-state index in [2.05, 4.69) is 15.2 Å². The van der Waals surface area contributed by atoms with Crippen molar-refractivity contribution in [1.82, 2.24) is 19.6 Å². The molecule has 0 aromatic carbocycles. The molecule has 2 aromatic rings. The van der Waals surface area contributed by atoms with Crippen molar-refractivity contribution in [3.8, 4) is 0 Å². The SMILES string of the molecule is Cc1nccn2c(C)nnc12. The molecule has 0 amide bonds. The van der Waals surface area contributed by atoms with Gasteiger partial charge in [-0.3, -0.25) is 9.38 Å². The molecule has 11 heavy (non-hydrogen) atoms. The predicted molar refractivity (Wildman–Crippen MR) is 40.3 cm³/mol. The van der Waals surface area contributed by atoms with Gasteiger partial charge in [-0.2, -0.15) is 0 Å². The Hall–Kier alpha value is -1.45. The highest BCUT2D eigenvalue weighted by molar-refractivity contribution is 5.41. The normalized spacial score (nSPS) is 10.7.